The van der Waals surface area contributed by atoms with Gasteiger partial charge in [0.15, 0.2) is 0 Å². The van der Waals surface area contributed by atoms with E-state index in [2.05, 4.69) is 61.5 Å². The molecule has 3 nitrogen and oxygen atoms in total. The quantitative estimate of drug-likeness (QED) is 0.391. The van der Waals surface area contributed by atoms with Crippen molar-refractivity contribution in [1.29, 1.82) is 0 Å². The number of hydrogen-bond donors (Lipinski definition) is 2. The highest BCUT2D eigenvalue weighted by atomic mass is 16.4. The minimum Gasteiger partial charge on any atom is -0.481 e. The van der Waals surface area contributed by atoms with Gasteiger partial charge in [0.1, 0.15) is 0 Å². The van der Waals surface area contributed by atoms with Gasteiger partial charge in [-0.15, -0.1) is 0 Å². The molecule has 34 heavy (non-hydrogen) atoms. The van der Waals surface area contributed by atoms with Gasteiger partial charge in [0.05, 0.1) is 11.5 Å². The molecule has 0 amide bonds. The molecule has 10 atom stereocenters. The van der Waals surface area contributed by atoms with Crippen molar-refractivity contribution >= 4 is 5.97 Å². The molecule has 1 unspecified atom stereocenters. The molecule has 5 aliphatic rings. The second-order valence-corrected chi connectivity index (χ2v) is 15.1. The topological polar surface area (TPSA) is 57.5 Å². The predicted octanol–water partition coefficient (Wildman–Crippen LogP) is 7.48. The Morgan fingerprint density at radius 3 is 2.21 bits per heavy atom. The van der Waals surface area contributed by atoms with Crippen LogP contribution in [0.5, 0.6) is 0 Å². The molecule has 0 heterocycles. The van der Waals surface area contributed by atoms with E-state index in [0.29, 0.717) is 17.8 Å². The lowest BCUT2D eigenvalue weighted by Crippen LogP contribution is -2.69. The molecular weight excluding hydrogens is 420 g/mol. The van der Waals surface area contributed by atoms with E-state index in [1.54, 1.807) is 0 Å². The fraction of sp³-hybridized carbons (Fsp3) is 0.903. The summed E-state index contributed by atoms with van der Waals surface area (Å²) in [5.74, 6) is 1.14. The number of carboxylic acid groups (broad SMARTS) is 1. The summed E-state index contributed by atoms with van der Waals surface area (Å²) in [5.41, 5.74) is 1.39. The number of fused-ring (bicyclic) bond motifs is 7. The second kappa shape index (κ2) is 7.14. The highest BCUT2D eigenvalue weighted by molar-refractivity contribution is 5.76. The molecule has 3 heteroatoms. The molecule has 0 aliphatic heterocycles. The zero-order valence-electron chi connectivity index (χ0n) is 23.1. The van der Waals surface area contributed by atoms with Gasteiger partial charge in [-0.25, -0.2) is 0 Å². The Hall–Kier alpha value is -0.830. The lowest BCUT2D eigenvalue weighted by molar-refractivity contribution is -0.250. The van der Waals surface area contributed by atoms with E-state index in [4.69, 9.17) is 0 Å². The average molecular weight is 471 g/mol. The Bertz CT molecular complexity index is 920. The maximum absolute atomic E-state index is 12.9. The number of rotatable bonds is 1. The highest BCUT2D eigenvalue weighted by Crippen LogP contribution is 2.80. The molecule has 0 bridgehead atoms. The van der Waals surface area contributed by atoms with Crippen LogP contribution in [-0.2, 0) is 4.79 Å². The average Bonchev–Trinajstić information content (AvgIpc) is 2.76. The van der Waals surface area contributed by atoms with E-state index in [9.17, 15) is 15.0 Å². The van der Waals surface area contributed by atoms with E-state index < -0.39 is 11.4 Å². The summed E-state index contributed by atoms with van der Waals surface area (Å²) in [6, 6.07) is 0. The predicted molar refractivity (Wildman–Crippen MR) is 137 cm³/mol. The summed E-state index contributed by atoms with van der Waals surface area (Å²) in [6.45, 7) is 19.6. The van der Waals surface area contributed by atoms with Crippen LogP contribution in [0, 0.1) is 56.2 Å². The van der Waals surface area contributed by atoms with Crippen molar-refractivity contribution < 1.29 is 15.0 Å². The molecule has 4 saturated carbocycles. The number of hydrogen-bond acceptors (Lipinski definition) is 2. The molecule has 0 radical (unpaired) electrons. The zero-order valence-corrected chi connectivity index (χ0v) is 23.1. The molecular formula is C31H50O3. The van der Waals surface area contributed by atoms with E-state index in [1.807, 2.05) is 0 Å². The maximum Gasteiger partial charge on any atom is 0.310 e. The van der Waals surface area contributed by atoms with Crippen molar-refractivity contribution in [2.24, 2.45) is 56.2 Å². The fourth-order valence-electron chi connectivity index (χ4n) is 11.2. The third kappa shape index (κ3) is 2.57. The van der Waals surface area contributed by atoms with Crippen LogP contribution < -0.4 is 0 Å². The van der Waals surface area contributed by atoms with Crippen molar-refractivity contribution in [1.82, 2.24) is 0 Å². The third-order valence-corrected chi connectivity index (χ3v) is 14.4. The van der Waals surface area contributed by atoms with Crippen LogP contribution in [0.3, 0.4) is 0 Å². The van der Waals surface area contributed by atoms with Gasteiger partial charge in [0.2, 0.25) is 0 Å². The molecule has 5 rings (SSSR count). The Morgan fingerprint density at radius 1 is 0.882 bits per heavy atom. The minimum absolute atomic E-state index is 0.0448. The van der Waals surface area contributed by atoms with Crippen LogP contribution in [0.15, 0.2) is 11.6 Å². The van der Waals surface area contributed by atoms with Crippen molar-refractivity contribution in [2.75, 3.05) is 0 Å². The summed E-state index contributed by atoms with van der Waals surface area (Å²) in [7, 11) is 0. The number of aliphatic carboxylic acids is 1. The first kappa shape index (κ1) is 24.8. The smallest absolute Gasteiger partial charge is 0.310 e. The van der Waals surface area contributed by atoms with E-state index in [1.165, 1.54) is 18.4 Å². The Balaban J connectivity index is 1.66. The largest absolute Gasteiger partial charge is 0.481 e. The Morgan fingerprint density at radius 2 is 1.56 bits per heavy atom. The zero-order chi connectivity index (χ0) is 25.1. The normalized spacial score (nSPS) is 56.3. The number of aliphatic hydroxyl groups is 1. The van der Waals surface area contributed by atoms with Crippen molar-refractivity contribution in [2.45, 2.75) is 119 Å². The summed E-state index contributed by atoms with van der Waals surface area (Å²) < 4.78 is 0. The monoisotopic (exact) mass is 470 g/mol. The van der Waals surface area contributed by atoms with Crippen molar-refractivity contribution in [3.63, 3.8) is 0 Å². The van der Waals surface area contributed by atoms with Gasteiger partial charge in [0.25, 0.3) is 0 Å². The number of carbonyl (C=O) groups is 1. The third-order valence-electron chi connectivity index (χ3n) is 14.4. The van der Waals surface area contributed by atoms with E-state index in [0.717, 1.165) is 44.9 Å². The standard InChI is InChI=1S/C31H50O3/c1-19-9-16-31(25(33)34)18-17-27(5)21(24(31)20(19)2)10-14-30(8)28(6)13-12-23(32)26(3,4)22(28)11-15-29(27,30)7/h10,19-20,22-24,32H,9,11-18H2,1-8H3,(H,33,34)/t19-,20+,22+,23+,24+,27-,28+,29+,30-,31?/m1/s1. The van der Waals surface area contributed by atoms with Crippen LogP contribution in [-0.4, -0.2) is 22.3 Å². The van der Waals surface area contributed by atoms with Crippen molar-refractivity contribution in [3.05, 3.63) is 11.6 Å². The highest BCUT2D eigenvalue weighted by Gasteiger charge is 2.73. The molecule has 4 fully saturated rings. The van der Waals surface area contributed by atoms with E-state index in [-0.39, 0.29) is 39.1 Å². The molecule has 192 valence electrons. The van der Waals surface area contributed by atoms with Gasteiger partial charge >= 0.3 is 5.97 Å². The number of aliphatic hydroxyl groups excluding tert-OH is 1. The van der Waals surface area contributed by atoms with Gasteiger partial charge in [0, 0.05) is 0 Å². The van der Waals surface area contributed by atoms with Crippen molar-refractivity contribution in [3.8, 4) is 0 Å². The van der Waals surface area contributed by atoms with Gasteiger partial charge in [-0.3, -0.25) is 4.79 Å². The number of carboxylic acids is 1. The first-order chi connectivity index (χ1) is 15.6. The van der Waals surface area contributed by atoms with Gasteiger partial charge < -0.3 is 10.2 Å². The molecule has 0 aromatic rings. The summed E-state index contributed by atoms with van der Waals surface area (Å²) in [6.07, 6.45) is 11.5. The summed E-state index contributed by atoms with van der Waals surface area (Å²) in [4.78, 5) is 12.9. The maximum atomic E-state index is 12.9. The fourth-order valence-corrected chi connectivity index (χ4v) is 11.2. The van der Waals surface area contributed by atoms with Crippen LogP contribution in [0.1, 0.15) is 113 Å². The molecule has 2 N–H and O–H groups in total. The molecule has 0 spiro atoms. The van der Waals surface area contributed by atoms with Crippen LogP contribution in [0.2, 0.25) is 0 Å². The molecule has 0 aromatic heterocycles. The molecule has 0 aromatic carbocycles. The summed E-state index contributed by atoms with van der Waals surface area (Å²) >= 11 is 0. The van der Waals surface area contributed by atoms with Crippen LogP contribution >= 0.6 is 0 Å². The Labute approximate surface area is 208 Å². The summed E-state index contributed by atoms with van der Waals surface area (Å²) in [5, 5.41) is 21.5. The first-order valence-electron chi connectivity index (χ1n) is 14.2. The van der Waals surface area contributed by atoms with Crippen LogP contribution in [0.4, 0.5) is 0 Å². The van der Waals surface area contributed by atoms with Crippen LogP contribution in [0.25, 0.3) is 0 Å². The first-order valence-corrected chi connectivity index (χ1v) is 14.2. The SMILES string of the molecule is C[C@H]1[C@H](C)CCC2(C(=O)O)CC[C@]3(C)C(=CC[C@@]4(C)[C@@]3(C)CC[C@H]3C(C)(C)[C@@H](O)CC[C@@]34C)[C@H]12. The van der Waals surface area contributed by atoms with E-state index >= 15 is 0 Å². The van der Waals surface area contributed by atoms with Gasteiger partial charge in [-0.05, 0) is 109 Å². The minimum atomic E-state index is -0.570. The lowest BCUT2D eigenvalue weighted by Gasteiger charge is -2.75. The lowest BCUT2D eigenvalue weighted by atomic mass is 9.29. The van der Waals surface area contributed by atoms with Gasteiger partial charge in [-0.2, -0.15) is 0 Å². The molecule has 5 aliphatic carbocycles. The second-order valence-electron chi connectivity index (χ2n) is 15.1. The van der Waals surface area contributed by atoms with Gasteiger partial charge in [-0.1, -0.05) is 67.0 Å². The Kier molecular flexibility index (Phi) is 5.22. The molecule has 0 saturated heterocycles. The number of allylic oxidation sites excluding steroid dienone is 2.